The first-order valence-electron chi connectivity index (χ1n) is 2.42. The smallest absolute Gasteiger partial charge is 0.229 e. The molecule has 0 saturated heterocycles. The van der Waals surface area contributed by atoms with Crippen molar-refractivity contribution in [1.29, 1.82) is 0 Å². The van der Waals surface area contributed by atoms with Crippen molar-refractivity contribution in [1.82, 2.24) is 0 Å². The van der Waals surface area contributed by atoms with Crippen molar-refractivity contribution in [3.8, 4) is 0 Å². The van der Waals surface area contributed by atoms with E-state index in [4.69, 9.17) is 0 Å². The Morgan fingerprint density at radius 3 is 1.80 bits per heavy atom. The number of rotatable bonds is 3. The number of carboxylic acid groups (broad SMARTS) is 1. The van der Waals surface area contributed by atoms with Crippen molar-refractivity contribution < 1.29 is 19.5 Å². The van der Waals surface area contributed by atoms with Crippen LogP contribution < -0.4 is 5.11 Å². The van der Waals surface area contributed by atoms with E-state index < -0.39 is 23.1 Å². The van der Waals surface area contributed by atoms with Gasteiger partial charge in [-0.1, -0.05) is 6.58 Å². The van der Waals surface area contributed by atoms with Gasteiger partial charge in [0, 0.05) is 12.5 Å². The Morgan fingerprint density at radius 2 is 1.70 bits per heavy atom. The van der Waals surface area contributed by atoms with E-state index in [1.165, 1.54) is 0 Å². The fraction of sp³-hybridized carbons (Fsp3) is 0.167. The Bertz CT molecular complexity index is 190. The summed E-state index contributed by atoms with van der Waals surface area (Å²) in [5, 5.41) is 9.86. The standard InChI is InChI=1S/C6H6O4/c1-3(6(9)10)5(8)4(2)7/h1H2,2H3,(H,9,10)/p-1. The highest BCUT2D eigenvalue weighted by atomic mass is 16.4. The van der Waals surface area contributed by atoms with E-state index in [1.54, 1.807) is 0 Å². The summed E-state index contributed by atoms with van der Waals surface area (Å²) in [6, 6.07) is 0. The van der Waals surface area contributed by atoms with Crippen LogP contribution in [0, 0.1) is 0 Å². The summed E-state index contributed by atoms with van der Waals surface area (Å²) in [5.74, 6) is -3.67. The predicted molar refractivity (Wildman–Crippen MR) is 29.8 cm³/mol. The summed E-state index contributed by atoms with van der Waals surface area (Å²) >= 11 is 0. The third kappa shape index (κ3) is 1.81. The Labute approximate surface area is 57.2 Å². The summed E-state index contributed by atoms with van der Waals surface area (Å²) in [4.78, 5) is 30.5. The van der Waals surface area contributed by atoms with Gasteiger partial charge in [-0.05, 0) is 0 Å². The lowest BCUT2D eigenvalue weighted by Crippen LogP contribution is -2.30. The first kappa shape index (κ1) is 8.55. The molecule has 0 aliphatic heterocycles. The average molecular weight is 141 g/mol. The van der Waals surface area contributed by atoms with Gasteiger partial charge < -0.3 is 9.90 Å². The predicted octanol–water partition coefficient (Wildman–Crippen LogP) is -1.55. The number of ketones is 2. The van der Waals surface area contributed by atoms with E-state index in [2.05, 4.69) is 6.58 Å². The lowest BCUT2D eigenvalue weighted by Gasteiger charge is -2.00. The summed E-state index contributed by atoms with van der Waals surface area (Å²) in [7, 11) is 0. The Hall–Kier alpha value is -1.45. The highest BCUT2D eigenvalue weighted by Crippen LogP contribution is 1.90. The van der Waals surface area contributed by atoms with Crippen LogP contribution in [0.3, 0.4) is 0 Å². The maximum Gasteiger partial charge on any atom is 0.229 e. The molecule has 0 rings (SSSR count). The van der Waals surface area contributed by atoms with E-state index in [-0.39, 0.29) is 0 Å². The Balaban J connectivity index is 4.39. The molecule has 0 atom stereocenters. The molecule has 0 spiro atoms. The first-order valence-corrected chi connectivity index (χ1v) is 2.42. The number of carbonyl (C=O) groups excluding carboxylic acids is 3. The zero-order valence-electron chi connectivity index (χ0n) is 5.34. The molecule has 4 heteroatoms. The van der Waals surface area contributed by atoms with Gasteiger partial charge >= 0.3 is 0 Å². The van der Waals surface area contributed by atoms with Crippen LogP contribution in [0.2, 0.25) is 0 Å². The van der Waals surface area contributed by atoms with Gasteiger partial charge in [0.25, 0.3) is 0 Å². The van der Waals surface area contributed by atoms with Gasteiger partial charge in [-0.2, -0.15) is 0 Å². The lowest BCUT2D eigenvalue weighted by molar-refractivity contribution is -0.298. The van der Waals surface area contributed by atoms with Crippen LogP contribution in [0.5, 0.6) is 0 Å². The number of carbonyl (C=O) groups is 3. The minimum atomic E-state index is -1.71. The van der Waals surface area contributed by atoms with Gasteiger partial charge in [-0.3, -0.25) is 9.59 Å². The van der Waals surface area contributed by atoms with E-state index in [1.807, 2.05) is 0 Å². The van der Waals surface area contributed by atoms with Crippen LogP contribution in [0.4, 0.5) is 0 Å². The number of Topliss-reactive ketones (excluding diaryl/α,β-unsaturated/α-hetero) is 2. The second-order valence-electron chi connectivity index (χ2n) is 1.65. The molecular formula is C6H5O4-. The Kier molecular flexibility index (Phi) is 2.49. The summed E-state index contributed by atoms with van der Waals surface area (Å²) in [6.07, 6.45) is 0. The summed E-state index contributed by atoms with van der Waals surface area (Å²) < 4.78 is 0. The topological polar surface area (TPSA) is 74.3 Å². The molecule has 0 aliphatic rings. The fourth-order valence-electron chi connectivity index (χ4n) is 0.305. The van der Waals surface area contributed by atoms with Gasteiger partial charge in [0.15, 0.2) is 5.78 Å². The van der Waals surface area contributed by atoms with Crippen LogP contribution in [0.25, 0.3) is 0 Å². The van der Waals surface area contributed by atoms with E-state index >= 15 is 0 Å². The fourth-order valence-corrected chi connectivity index (χ4v) is 0.305. The van der Waals surface area contributed by atoms with Crippen molar-refractivity contribution in [2.45, 2.75) is 6.92 Å². The SMILES string of the molecule is C=C(C(=O)[O-])C(=O)C(C)=O. The normalized spacial score (nSPS) is 8.50. The maximum atomic E-state index is 10.4. The minimum absolute atomic E-state index is 0.799. The maximum absolute atomic E-state index is 10.4. The van der Waals surface area contributed by atoms with Crippen molar-refractivity contribution in [3.63, 3.8) is 0 Å². The largest absolute Gasteiger partial charge is 0.545 e. The van der Waals surface area contributed by atoms with Crippen molar-refractivity contribution >= 4 is 17.5 Å². The third-order valence-corrected chi connectivity index (χ3v) is 0.840. The summed E-state index contributed by atoms with van der Waals surface area (Å²) in [5.41, 5.74) is -0.799. The van der Waals surface area contributed by atoms with Gasteiger partial charge in [0.2, 0.25) is 5.78 Å². The lowest BCUT2D eigenvalue weighted by atomic mass is 10.1. The Morgan fingerprint density at radius 1 is 1.30 bits per heavy atom. The van der Waals surface area contributed by atoms with E-state index in [9.17, 15) is 19.5 Å². The van der Waals surface area contributed by atoms with Gasteiger partial charge in [0.1, 0.15) is 0 Å². The highest BCUT2D eigenvalue weighted by molar-refractivity contribution is 6.47. The number of hydrogen-bond donors (Lipinski definition) is 0. The number of hydrogen-bond acceptors (Lipinski definition) is 4. The second kappa shape index (κ2) is 2.91. The molecule has 0 unspecified atom stereocenters. The van der Waals surface area contributed by atoms with Crippen molar-refractivity contribution in [3.05, 3.63) is 12.2 Å². The van der Waals surface area contributed by atoms with Crippen LogP contribution in [-0.2, 0) is 14.4 Å². The van der Waals surface area contributed by atoms with Crippen LogP contribution >= 0.6 is 0 Å². The van der Waals surface area contributed by atoms with Crippen molar-refractivity contribution in [2.24, 2.45) is 0 Å². The molecule has 10 heavy (non-hydrogen) atoms. The van der Waals surface area contributed by atoms with Crippen LogP contribution in [0.1, 0.15) is 6.92 Å². The number of aliphatic carboxylic acids is 1. The molecule has 0 aliphatic carbocycles. The van der Waals surface area contributed by atoms with E-state index in [0.717, 1.165) is 6.92 Å². The minimum Gasteiger partial charge on any atom is -0.545 e. The molecule has 0 radical (unpaired) electrons. The molecule has 0 fully saturated rings. The van der Waals surface area contributed by atoms with Gasteiger partial charge in [-0.15, -0.1) is 0 Å². The zero-order valence-corrected chi connectivity index (χ0v) is 5.34. The van der Waals surface area contributed by atoms with Crippen molar-refractivity contribution in [2.75, 3.05) is 0 Å². The summed E-state index contributed by atoms with van der Waals surface area (Å²) in [6.45, 7) is 3.81. The van der Waals surface area contributed by atoms with Crippen LogP contribution in [0.15, 0.2) is 12.2 Å². The molecule has 0 saturated carbocycles. The molecule has 4 nitrogen and oxygen atoms in total. The quantitative estimate of drug-likeness (QED) is 0.206. The third-order valence-electron chi connectivity index (χ3n) is 0.840. The first-order chi connectivity index (χ1) is 4.46. The molecule has 0 aromatic heterocycles. The molecule has 0 aromatic rings. The molecular weight excluding hydrogens is 136 g/mol. The monoisotopic (exact) mass is 141 g/mol. The second-order valence-corrected chi connectivity index (χ2v) is 1.65. The molecule has 0 N–H and O–H groups in total. The number of carboxylic acids is 1. The zero-order chi connectivity index (χ0) is 8.31. The highest BCUT2D eigenvalue weighted by Gasteiger charge is 2.12. The van der Waals surface area contributed by atoms with Crippen LogP contribution in [-0.4, -0.2) is 17.5 Å². The molecule has 0 amide bonds. The molecule has 0 aromatic carbocycles. The van der Waals surface area contributed by atoms with Gasteiger partial charge in [0.05, 0.1) is 5.97 Å². The molecule has 0 bridgehead atoms. The van der Waals surface area contributed by atoms with Gasteiger partial charge in [-0.25, -0.2) is 0 Å². The molecule has 54 valence electrons. The average Bonchev–Trinajstić information content (AvgIpc) is 1.84. The molecule has 0 heterocycles. The van der Waals surface area contributed by atoms with E-state index in [0.29, 0.717) is 0 Å².